The number of aromatic nitrogens is 2. The highest BCUT2D eigenvalue weighted by atomic mass is 15.2. The molecular weight excluding hydrogens is 236 g/mol. The second-order valence-electron chi connectivity index (χ2n) is 5.27. The summed E-state index contributed by atoms with van der Waals surface area (Å²) in [6.07, 6.45) is 9.49. The minimum absolute atomic E-state index is 0.660. The van der Waals surface area contributed by atoms with Crippen molar-refractivity contribution in [2.24, 2.45) is 0 Å². The second-order valence-corrected chi connectivity index (χ2v) is 5.27. The van der Waals surface area contributed by atoms with Crippen molar-refractivity contribution in [3.05, 3.63) is 12.4 Å². The van der Waals surface area contributed by atoms with Crippen LogP contribution in [-0.4, -0.2) is 29.1 Å². The average Bonchev–Trinajstić information content (AvgIpc) is 2.47. The smallest absolute Gasteiger partial charge is 0.134 e. The number of nitrogens with zero attached hydrogens (tertiary/aromatic N) is 3. The number of hydrogen-bond donors (Lipinski definition) is 1. The monoisotopic (exact) mass is 262 g/mol. The number of nitrogens with one attached hydrogen (secondary N) is 1. The summed E-state index contributed by atoms with van der Waals surface area (Å²) in [5.41, 5.74) is 0. The molecule has 0 saturated heterocycles. The number of rotatable bonds is 6. The van der Waals surface area contributed by atoms with Crippen LogP contribution in [0.3, 0.4) is 0 Å². The van der Waals surface area contributed by atoms with Crippen molar-refractivity contribution in [2.45, 2.75) is 58.4 Å². The van der Waals surface area contributed by atoms with Crippen LogP contribution in [0.4, 0.5) is 11.6 Å². The van der Waals surface area contributed by atoms with Gasteiger partial charge in [0.05, 0.1) is 0 Å². The Balaban J connectivity index is 2.08. The van der Waals surface area contributed by atoms with Gasteiger partial charge in [0.2, 0.25) is 0 Å². The Hall–Kier alpha value is -1.32. The Kier molecular flexibility index (Phi) is 5.43. The summed E-state index contributed by atoms with van der Waals surface area (Å²) in [4.78, 5) is 11.2. The Labute approximate surface area is 116 Å². The molecule has 1 aromatic heterocycles. The minimum Gasteiger partial charge on any atom is -0.370 e. The summed E-state index contributed by atoms with van der Waals surface area (Å²) in [7, 11) is 0. The van der Waals surface area contributed by atoms with E-state index in [1.165, 1.54) is 32.1 Å². The Morgan fingerprint density at radius 1 is 1.21 bits per heavy atom. The van der Waals surface area contributed by atoms with Crippen molar-refractivity contribution >= 4 is 11.6 Å². The van der Waals surface area contributed by atoms with Gasteiger partial charge in [-0.25, -0.2) is 9.97 Å². The van der Waals surface area contributed by atoms with E-state index in [2.05, 4.69) is 40.1 Å². The molecule has 1 aliphatic carbocycles. The molecule has 1 aliphatic rings. The van der Waals surface area contributed by atoms with Crippen molar-refractivity contribution in [1.29, 1.82) is 0 Å². The molecule has 1 aromatic rings. The normalized spacial score (nSPS) is 16.3. The highest BCUT2D eigenvalue weighted by Gasteiger charge is 2.21. The summed E-state index contributed by atoms with van der Waals surface area (Å²) in [5.74, 6) is 2.02. The quantitative estimate of drug-likeness (QED) is 0.852. The van der Waals surface area contributed by atoms with E-state index in [4.69, 9.17) is 0 Å². The largest absolute Gasteiger partial charge is 0.370 e. The van der Waals surface area contributed by atoms with Gasteiger partial charge in [0, 0.05) is 25.2 Å². The van der Waals surface area contributed by atoms with E-state index in [1.54, 1.807) is 6.33 Å². The first kappa shape index (κ1) is 14.1. The molecule has 1 heterocycles. The molecule has 0 atom stereocenters. The van der Waals surface area contributed by atoms with E-state index < -0.39 is 0 Å². The van der Waals surface area contributed by atoms with Crippen LogP contribution in [0.2, 0.25) is 0 Å². The lowest BCUT2D eigenvalue weighted by Crippen LogP contribution is -2.37. The van der Waals surface area contributed by atoms with E-state index in [0.29, 0.717) is 6.04 Å². The van der Waals surface area contributed by atoms with Gasteiger partial charge in [-0.15, -0.1) is 0 Å². The summed E-state index contributed by atoms with van der Waals surface area (Å²) in [6, 6.07) is 2.75. The molecule has 0 amide bonds. The highest BCUT2D eigenvalue weighted by molar-refractivity contribution is 5.49. The molecule has 1 N–H and O–H groups in total. The maximum Gasteiger partial charge on any atom is 0.134 e. The maximum absolute atomic E-state index is 4.47. The Morgan fingerprint density at radius 3 is 2.68 bits per heavy atom. The van der Waals surface area contributed by atoms with E-state index in [1.807, 2.05) is 0 Å². The van der Waals surface area contributed by atoms with Gasteiger partial charge in [-0.3, -0.25) is 0 Å². The molecule has 0 aliphatic heterocycles. The average molecular weight is 262 g/mol. The highest BCUT2D eigenvalue weighted by Crippen LogP contribution is 2.26. The second kappa shape index (κ2) is 7.31. The molecule has 0 spiro atoms. The lowest BCUT2D eigenvalue weighted by molar-refractivity contribution is 0.416. The predicted molar refractivity (Wildman–Crippen MR) is 80.7 cm³/mol. The van der Waals surface area contributed by atoms with Crippen molar-refractivity contribution < 1.29 is 0 Å². The van der Waals surface area contributed by atoms with Crippen LogP contribution in [-0.2, 0) is 0 Å². The third-order valence-electron chi connectivity index (χ3n) is 3.86. The molecule has 0 radical (unpaired) electrons. The fraction of sp³-hybridized carbons (Fsp3) is 0.733. The molecular formula is C15H26N4. The van der Waals surface area contributed by atoms with Gasteiger partial charge in [0.25, 0.3) is 0 Å². The maximum atomic E-state index is 4.47. The summed E-state index contributed by atoms with van der Waals surface area (Å²) < 4.78 is 0. The van der Waals surface area contributed by atoms with Gasteiger partial charge < -0.3 is 10.2 Å². The van der Waals surface area contributed by atoms with Crippen molar-refractivity contribution in [2.75, 3.05) is 23.3 Å². The van der Waals surface area contributed by atoms with E-state index in [-0.39, 0.29) is 0 Å². The fourth-order valence-electron chi connectivity index (χ4n) is 2.85. The first-order valence-electron chi connectivity index (χ1n) is 7.67. The molecule has 19 heavy (non-hydrogen) atoms. The van der Waals surface area contributed by atoms with Gasteiger partial charge in [0.1, 0.15) is 18.0 Å². The van der Waals surface area contributed by atoms with Gasteiger partial charge in [-0.1, -0.05) is 26.2 Å². The van der Waals surface area contributed by atoms with Crippen LogP contribution in [0.1, 0.15) is 52.4 Å². The lowest BCUT2D eigenvalue weighted by atomic mass is 9.94. The van der Waals surface area contributed by atoms with Crippen LogP contribution >= 0.6 is 0 Å². The molecule has 106 valence electrons. The predicted octanol–water partition coefficient (Wildman–Crippen LogP) is 3.46. The molecule has 0 bridgehead atoms. The van der Waals surface area contributed by atoms with Crippen molar-refractivity contribution in [3.8, 4) is 0 Å². The standard InChI is InChI=1S/C15H26N4/c1-3-10-16-14-11-15(18-12-17-14)19(4-2)13-8-6-5-7-9-13/h11-13H,3-10H2,1-2H3,(H,16,17,18). The van der Waals surface area contributed by atoms with E-state index >= 15 is 0 Å². The summed E-state index contributed by atoms with van der Waals surface area (Å²) in [6.45, 7) is 6.37. The van der Waals surface area contributed by atoms with Gasteiger partial charge in [-0.05, 0) is 26.2 Å². The van der Waals surface area contributed by atoms with Gasteiger partial charge in [-0.2, -0.15) is 0 Å². The molecule has 4 heteroatoms. The molecule has 2 rings (SSSR count). The van der Waals surface area contributed by atoms with Gasteiger partial charge in [0.15, 0.2) is 0 Å². The molecule has 4 nitrogen and oxygen atoms in total. The number of anilines is 2. The zero-order valence-corrected chi connectivity index (χ0v) is 12.2. The topological polar surface area (TPSA) is 41.0 Å². The molecule has 0 unspecified atom stereocenters. The minimum atomic E-state index is 0.660. The number of hydrogen-bond acceptors (Lipinski definition) is 4. The zero-order valence-electron chi connectivity index (χ0n) is 12.2. The Bertz CT molecular complexity index is 374. The van der Waals surface area contributed by atoms with Crippen molar-refractivity contribution in [1.82, 2.24) is 9.97 Å². The fourth-order valence-corrected chi connectivity index (χ4v) is 2.85. The SMILES string of the molecule is CCCNc1cc(N(CC)C2CCCCC2)ncn1. The third-order valence-corrected chi connectivity index (χ3v) is 3.86. The van der Waals surface area contributed by atoms with Crippen LogP contribution in [0.15, 0.2) is 12.4 Å². The summed E-state index contributed by atoms with van der Waals surface area (Å²) in [5, 5.41) is 3.34. The van der Waals surface area contributed by atoms with Crippen molar-refractivity contribution in [3.63, 3.8) is 0 Å². The van der Waals surface area contributed by atoms with E-state index in [0.717, 1.165) is 31.1 Å². The van der Waals surface area contributed by atoms with Crippen LogP contribution in [0.25, 0.3) is 0 Å². The first-order chi connectivity index (χ1) is 9.35. The van der Waals surface area contributed by atoms with Gasteiger partial charge >= 0.3 is 0 Å². The lowest BCUT2D eigenvalue weighted by Gasteiger charge is -2.34. The Morgan fingerprint density at radius 2 is 2.00 bits per heavy atom. The summed E-state index contributed by atoms with van der Waals surface area (Å²) >= 11 is 0. The molecule has 1 saturated carbocycles. The molecule has 0 aromatic carbocycles. The van der Waals surface area contributed by atoms with E-state index in [9.17, 15) is 0 Å². The van der Waals surface area contributed by atoms with Crippen LogP contribution < -0.4 is 10.2 Å². The molecule has 1 fully saturated rings. The third kappa shape index (κ3) is 3.82. The van der Waals surface area contributed by atoms with Crippen LogP contribution in [0.5, 0.6) is 0 Å². The first-order valence-corrected chi connectivity index (χ1v) is 7.67. The van der Waals surface area contributed by atoms with Crippen LogP contribution in [0, 0.1) is 0 Å². The zero-order chi connectivity index (χ0) is 13.5.